The summed E-state index contributed by atoms with van der Waals surface area (Å²) >= 11 is 0. The summed E-state index contributed by atoms with van der Waals surface area (Å²) in [4.78, 5) is 12.7. The molecule has 0 spiro atoms. The highest BCUT2D eigenvalue weighted by molar-refractivity contribution is 7.91. The number of nitrogens with one attached hydrogen (secondary N) is 1. The first-order chi connectivity index (χ1) is 15.2. The molecular weight excluding hydrogens is 466 g/mol. The first kappa shape index (κ1) is 24.9. The van der Waals surface area contributed by atoms with Crippen LogP contribution in [0.4, 0.5) is 5.82 Å². The molecule has 178 valence electrons. The highest BCUT2D eigenvalue weighted by atomic mass is 32.2. The smallest absolute Gasteiger partial charge is 0.243 e. The molecule has 0 bridgehead atoms. The Morgan fingerprint density at radius 3 is 2.45 bits per heavy atom. The number of sulfonamides is 1. The van der Waals surface area contributed by atoms with Gasteiger partial charge in [-0.3, -0.25) is 4.79 Å². The number of nitriles is 1. The number of hydrogen-bond donors (Lipinski definition) is 1. The summed E-state index contributed by atoms with van der Waals surface area (Å²) in [7, 11) is -5.83. The zero-order valence-corrected chi connectivity index (χ0v) is 20.6. The van der Waals surface area contributed by atoms with Crippen LogP contribution in [0, 0.1) is 11.3 Å². The minimum atomic E-state index is -3.95. The van der Waals surface area contributed by atoms with Crippen molar-refractivity contribution in [2.24, 2.45) is 0 Å². The molecule has 0 unspecified atom stereocenters. The van der Waals surface area contributed by atoms with E-state index in [1.54, 1.807) is 6.07 Å². The molecule has 3 rings (SSSR count). The van der Waals surface area contributed by atoms with Crippen LogP contribution in [-0.2, 0) is 30.1 Å². The van der Waals surface area contributed by atoms with Crippen LogP contribution in [-0.4, -0.2) is 61.9 Å². The number of aromatic nitrogens is 2. The van der Waals surface area contributed by atoms with Gasteiger partial charge in [0.05, 0.1) is 46.3 Å². The topological polar surface area (TPSA) is 142 Å². The second-order valence-corrected chi connectivity index (χ2v) is 13.4. The van der Waals surface area contributed by atoms with Crippen molar-refractivity contribution in [2.75, 3.05) is 30.4 Å². The van der Waals surface area contributed by atoms with E-state index in [1.807, 2.05) is 26.8 Å². The number of carbonyl (C=O) groups is 1. The molecule has 1 aromatic heterocycles. The number of nitrogens with zero attached hydrogens (tertiary/aromatic N) is 4. The van der Waals surface area contributed by atoms with Crippen LogP contribution in [0.3, 0.4) is 0 Å². The van der Waals surface area contributed by atoms with Crippen LogP contribution >= 0.6 is 0 Å². The number of anilines is 1. The third kappa shape index (κ3) is 5.61. The average molecular weight is 494 g/mol. The van der Waals surface area contributed by atoms with Gasteiger partial charge in [-0.2, -0.15) is 14.7 Å². The van der Waals surface area contributed by atoms with Gasteiger partial charge in [-0.25, -0.2) is 21.5 Å². The summed E-state index contributed by atoms with van der Waals surface area (Å²) in [6.45, 7) is 5.40. The largest absolute Gasteiger partial charge is 0.310 e. The van der Waals surface area contributed by atoms with E-state index >= 15 is 0 Å². The van der Waals surface area contributed by atoms with Crippen LogP contribution in [0.15, 0.2) is 35.2 Å². The molecule has 1 aliphatic heterocycles. The van der Waals surface area contributed by atoms with Gasteiger partial charge in [-0.15, -0.1) is 0 Å². The van der Waals surface area contributed by atoms with E-state index in [9.17, 15) is 21.6 Å². The predicted octanol–water partition coefficient (Wildman–Crippen LogP) is 1.67. The zero-order valence-electron chi connectivity index (χ0n) is 18.9. The molecule has 10 nitrogen and oxygen atoms in total. The molecule has 2 heterocycles. The van der Waals surface area contributed by atoms with Crippen molar-refractivity contribution in [3.05, 3.63) is 41.6 Å². The number of hydrogen-bond acceptors (Lipinski definition) is 7. The highest BCUT2D eigenvalue weighted by Crippen LogP contribution is 2.31. The average Bonchev–Trinajstić information content (AvgIpc) is 3.30. The zero-order chi connectivity index (χ0) is 24.6. The van der Waals surface area contributed by atoms with E-state index in [1.165, 1.54) is 36.0 Å². The molecule has 1 aromatic carbocycles. The Bertz CT molecular complexity index is 1300. The number of rotatable bonds is 6. The Morgan fingerprint density at radius 2 is 1.94 bits per heavy atom. The number of carbonyl (C=O) groups excluding carboxylic acids is 1. The lowest BCUT2D eigenvalue weighted by atomic mass is 9.92. The summed E-state index contributed by atoms with van der Waals surface area (Å²) < 4.78 is 51.9. The van der Waals surface area contributed by atoms with Crippen molar-refractivity contribution < 1.29 is 21.6 Å². The van der Waals surface area contributed by atoms with E-state index in [2.05, 4.69) is 10.4 Å². The van der Waals surface area contributed by atoms with Gasteiger partial charge in [0.25, 0.3) is 0 Å². The van der Waals surface area contributed by atoms with Crippen LogP contribution in [0.2, 0.25) is 0 Å². The van der Waals surface area contributed by atoms with Crippen molar-refractivity contribution in [3.8, 4) is 6.07 Å². The molecule has 0 aliphatic carbocycles. The number of amides is 1. The Kier molecular flexibility index (Phi) is 6.70. The van der Waals surface area contributed by atoms with Crippen molar-refractivity contribution in [2.45, 2.75) is 43.5 Å². The third-order valence-corrected chi connectivity index (χ3v) is 8.95. The lowest BCUT2D eigenvalue weighted by Gasteiger charge is -2.18. The monoisotopic (exact) mass is 493 g/mol. The lowest BCUT2D eigenvalue weighted by molar-refractivity contribution is -0.116. The van der Waals surface area contributed by atoms with Crippen LogP contribution in [0.1, 0.15) is 44.5 Å². The van der Waals surface area contributed by atoms with Gasteiger partial charge >= 0.3 is 0 Å². The molecule has 1 amide bonds. The van der Waals surface area contributed by atoms with Crippen molar-refractivity contribution >= 4 is 31.6 Å². The maximum atomic E-state index is 12.8. The first-order valence-corrected chi connectivity index (χ1v) is 13.6. The van der Waals surface area contributed by atoms with Gasteiger partial charge < -0.3 is 5.32 Å². The van der Waals surface area contributed by atoms with Crippen molar-refractivity contribution in [3.63, 3.8) is 0 Å². The summed E-state index contributed by atoms with van der Waals surface area (Å²) in [6, 6.07) is 8.62. The molecular formula is C21H27N5O5S2. The second-order valence-electron chi connectivity index (χ2n) is 9.11. The maximum Gasteiger partial charge on any atom is 0.243 e. The Balaban J connectivity index is 1.80. The highest BCUT2D eigenvalue weighted by Gasteiger charge is 2.33. The molecule has 1 fully saturated rings. The van der Waals surface area contributed by atoms with Gasteiger partial charge in [0, 0.05) is 18.5 Å². The maximum absolute atomic E-state index is 12.8. The molecule has 2 aromatic rings. The molecule has 0 saturated carbocycles. The molecule has 1 atom stereocenters. The van der Waals surface area contributed by atoms with Gasteiger partial charge in [0.15, 0.2) is 9.84 Å². The third-order valence-electron chi connectivity index (χ3n) is 5.38. The van der Waals surface area contributed by atoms with Gasteiger partial charge in [0.1, 0.15) is 5.82 Å². The van der Waals surface area contributed by atoms with E-state index in [-0.39, 0.29) is 21.8 Å². The summed E-state index contributed by atoms with van der Waals surface area (Å²) in [6.07, 6.45) is 0.392. The second kappa shape index (κ2) is 8.89. The van der Waals surface area contributed by atoms with E-state index in [0.717, 1.165) is 4.31 Å². The molecule has 12 heteroatoms. The van der Waals surface area contributed by atoms with Crippen LogP contribution < -0.4 is 5.32 Å². The SMILES string of the molecule is CN(CC(=O)Nc1cc(C(C)(C)C)nn1[C@@H]1CCS(=O)(=O)C1)S(=O)(=O)c1ccc(C#N)cc1. The number of sulfone groups is 1. The Morgan fingerprint density at radius 1 is 1.30 bits per heavy atom. The minimum absolute atomic E-state index is 0.0342. The fourth-order valence-electron chi connectivity index (χ4n) is 3.45. The van der Waals surface area contributed by atoms with Crippen LogP contribution in [0.5, 0.6) is 0 Å². The quantitative estimate of drug-likeness (QED) is 0.645. The van der Waals surface area contributed by atoms with Gasteiger partial charge in [-0.1, -0.05) is 20.8 Å². The Labute approximate surface area is 194 Å². The normalized spacial score (nSPS) is 18.2. The van der Waals surface area contributed by atoms with Crippen LogP contribution in [0.25, 0.3) is 0 Å². The molecule has 1 saturated heterocycles. The van der Waals surface area contributed by atoms with E-state index in [4.69, 9.17) is 5.26 Å². The Hall–Kier alpha value is -2.75. The fraction of sp³-hybridized carbons (Fsp3) is 0.476. The van der Waals surface area contributed by atoms with E-state index in [0.29, 0.717) is 23.5 Å². The minimum Gasteiger partial charge on any atom is -0.310 e. The number of benzene rings is 1. The summed E-state index contributed by atoms with van der Waals surface area (Å²) in [5.74, 6) is -0.261. The molecule has 1 N–H and O–H groups in total. The molecule has 0 radical (unpaired) electrons. The van der Waals surface area contributed by atoms with Gasteiger partial charge in [0.2, 0.25) is 15.9 Å². The van der Waals surface area contributed by atoms with Gasteiger partial charge in [-0.05, 0) is 30.7 Å². The molecule has 33 heavy (non-hydrogen) atoms. The van der Waals surface area contributed by atoms with Crippen molar-refractivity contribution in [1.29, 1.82) is 5.26 Å². The summed E-state index contributed by atoms with van der Waals surface area (Å²) in [5, 5.41) is 16.1. The number of likely N-dealkylation sites (N-methyl/N-ethyl adjacent to an activating group) is 1. The molecule has 1 aliphatic rings. The van der Waals surface area contributed by atoms with E-state index < -0.39 is 38.4 Å². The summed E-state index contributed by atoms with van der Waals surface area (Å²) in [5.41, 5.74) is 0.671. The first-order valence-electron chi connectivity index (χ1n) is 10.3. The predicted molar refractivity (Wildman–Crippen MR) is 123 cm³/mol. The standard InChI is InChI=1S/C21H27N5O5S2/c1-21(2,3)18-11-19(26(24-18)16-9-10-32(28,29)14-16)23-20(27)13-25(4)33(30,31)17-7-5-15(12-22)6-8-17/h5-8,11,16H,9-10,13-14H2,1-4H3,(H,23,27)/t16-/m1/s1. The fourth-order valence-corrected chi connectivity index (χ4v) is 6.27. The lowest BCUT2D eigenvalue weighted by Crippen LogP contribution is -2.35. The van der Waals surface area contributed by atoms with Crippen molar-refractivity contribution in [1.82, 2.24) is 14.1 Å².